The van der Waals surface area contributed by atoms with Gasteiger partial charge in [0.25, 0.3) is 5.91 Å². The predicted molar refractivity (Wildman–Crippen MR) is 106 cm³/mol. The first-order valence-electron chi connectivity index (χ1n) is 8.82. The molecular formula is C21H21N5O. The second-order valence-electron chi connectivity index (χ2n) is 6.66. The first-order chi connectivity index (χ1) is 13.0. The van der Waals surface area contributed by atoms with Gasteiger partial charge in [0.1, 0.15) is 5.82 Å². The Morgan fingerprint density at radius 3 is 2.44 bits per heavy atom. The number of aryl methyl sites for hydroxylation is 3. The average Bonchev–Trinajstić information content (AvgIpc) is 3.11. The molecule has 136 valence electrons. The minimum atomic E-state index is -0.164. The minimum absolute atomic E-state index is 0.164. The summed E-state index contributed by atoms with van der Waals surface area (Å²) in [5.74, 6) is 0.718. The molecule has 6 heteroatoms. The lowest BCUT2D eigenvalue weighted by molar-refractivity contribution is 0.102. The highest BCUT2D eigenvalue weighted by Crippen LogP contribution is 2.24. The number of hydrogen-bond donors (Lipinski definition) is 1. The number of para-hydroxylation sites is 1. The standard InChI is InChI=1S/C21H21N5O/c1-13-20(14(2)25(4)24-13)23-21(27)16-10-11-19-18(12-16)22-15(3)26(19)17-8-6-5-7-9-17/h5-12H,1-4H3,(H,23,27). The van der Waals surface area contributed by atoms with Crippen LogP contribution in [0.1, 0.15) is 27.6 Å². The summed E-state index contributed by atoms with van der Waals surface area (Å²) in [7, 11) is 1.86. The van der Waals surface area contributed by atoms with E-state index in [4.69, 9.17) is 0 Å². The van der Waals surface area contributed by atoms with E-state index in [2.05, 4.69) is 20.0 Å². The van der Waals surface area contributed by atoms with Gasteiger partial charge < -0.3 is 5.32 Å². The number of hydrogen-bond acceptors (Lipinski definition) is 3. The zero-order valence-corrected chi connectivity index (χ0v) is 15.8. The van der Waals surface area contributed by atoms with Crippen LogP contribution in [-0.2, 0) is 7.05 Å². The van der Waals surface area contributed by atoms with Gasteiger partial charge in [0.2, 0.25) is 0 Å². The SMILES string of the molecule is Cc1nn(C)c(C)c1NC(=O)c1ccc2c(c1)nc(C)n2-c1ccccc1. The molecule has 2 heterocycles. The summed E-state index contributed by atoms with van der Waals surface area (Å²) >= 11 is 0. The van der Waals surface area contributed by atoms with Crippen molar-refractivity contribution in [3.63, 3.8) is 0 Å². The Labute approximate surface area is 157 Å². The van der Waals surface area contributed by atoms with Gasteiger partial charge in [0.15, 0.2) is 0 Å². The minimum Gasteiger partial charge on any atom is -0.319 e. The van der Waals surface area contributed by atoms with Crippen LogP contribution in [0.15, 0.2) is 48.5 Å². The molecule has 0 saturated carbocycles. The van der Waals surface area contributed by atoms with Crippen molar-refractivity contribution < 1.29 is 4.79 Å². The molecule has 0 saturated heterocycles. The van der Waals surface area contributed by atoms with Gasteiger partial charge in [-0.25, -0.2) is 4.98 Å². The number of nitrogens with one attached hydrogen (secondary N) is 1. The molecule has 0 bridgehead atoms. The maximum atomic E-state index is 12.8. The van der Waals surface area contributed by atoms with E-state index in [0.717, 1.165) is 39.6 Å². The van der Waals surface area contributed by atoms with E-state index in [-0.39, 0.29) is 5.91 Å². The molecule has 1 N–H and O–H groups in total. The lowest BCUT2D eigenvalue weighted by Gasteiger charge is -2.08. The summed E-state index contributed by atoms with van der Waals surface area (Å²) in [6.45, 7) is 5.79. The summed E-state index contributed by atoms with van der Waals surface area (Å²) < 4.78 is 3.85. The van der Waals surface area contributed by atoms with Gasteiger partial charge in [0, 0.05) is 18.3 Å². The van der Waals surface area contributed by atoms with E-state index in [9.17, 15) is 4.79 Å². The zero-order chi connectivity index (χ0) is 19.1. The van der Waals surface area contributed by atoms with Crippen LogP contribution in [0.4, 0.5) is 5.69 Å². The monoisotopic (exact) mass is 359 g/mol. The number of rotatable bonds is 3. The molecule has 0 aliphatic carbocycles. The van der Waals surface area contributed by atoms with Crippen LogP contribution in [0.25, 0.3) is 16.7 Å². The predicted octanol–water partition coefficient (Wildman–Crippen LogP) is 3.94. The number of carbonyl (C=O) groups is 1. The second-order valence-corrected chi connectivity index (χ2v) is 6.66. The molecule has 0 spiro atoms. The van der Waals surface area contributed by atoms with Crippen molar-refractivity contribution in [2.45, 2.75) is 20.8 Å². The highest BCUT2D eigenvalue weighted by atomic mass is 16.1. The maximum Gasteiger partial charge on any atom is 0.255 e. The topological polar surface area (TPSA) is 64.7 Å². The molecule has 0 radical (unpaired) electrons. The average molecular weight is 359 g/mol. The number of fused-ring (bicyclic) bond motifs is 1. The van der Waals surface area contributed by atoms with E-state index in [1.807, 2.05) is 76.3 Å². The van der Waals surface area contributed by atoms with E-state index in [0.29, 0.717) is 5.56 Å². The van der Waals surface area contributed by atoms with Crippen molar-refractivity contribution in [3.8, 4) is 5.69 Å². The molecule has 0 aliphatic rings. The molecule has 0 atom stereocenters. The Bertz CT molecular complexity index is 1150. The first-order valence-corrected chi connectivity index (χ1v) is 8.82. The number of carbonyl (C=O) groups excluding carboxylic acids is 1. The number of nitrogens with zero attached hydrogens (tertiary/aromatic N) is 4. The van der Waals surface area contributed by atoms with Gasteiger partial charge in [-0.15, -0.1) is 0 Å². The smallest absolute Gasteiger partial charge is 0.255 e. The molecule has 0 aliphatic heterocycles. The Morgan fingerprint density at radius 2 is 1.78 bits per heavy atom. The molecule has 2 aromatic carbocycles. The van der Waals surface area contributed by atoms with Crippen LogP contribution in [-0.4, -0.2) is 25.2 Å². The van der Waals surface area contributed by atoms with E-state index in [1.165, 1.54) is 0 Å². The number of aromatic nitrogens is 4. The fourth-order valence-corrected chi connectivity index (χ4v) is 3.39. The fourth-order valence-electron chi connectivity index (χ4n) is 3.39. The highest BCUT2D eigenvalue weighted by Gasteiger charge is 2.16. The highest BCUT2D eigenvalue weighted by molar-refractivity contribution is 6.06. The lowest BCUT2D eigenvalue weighted by Crippen LogP contribution is -2.13. The molecule has 0 fully saturated rings. The third-order valence-electron chi connectivity index (χ3n) is 4.85. The second kappa shape index (κ2) is 6.39. The summed E-state index contributed by atoms with van der Waals surface area (Å²) in [6.07, 6.45) is 0. The number of amides is 1. The van der Waals surface area contributed by atoms with Gasteiger partial charge in [-0.05, 0) is 51.1 Å². The molecule has 4 rings (SSSR count). The molecule has 2 aromatic heterocycles. The Balaban J connectivity index is 1.71. The quantitative estimate of drug-likeness (QED) is 0.603. The molecule has 4 aromatic rings. The summed E-state index contributed by atoms with van der Waals surface area (Å²) in [4.78, 5) is 17.4. The van der Waals surface area contributed by atoms with Gasteiger partial charge in [-0.3, -0.25) is 14.0 Å². The third-order valence-corrected chi connectivity index (χ3v) is 4.85. The van der Waals surface area contributed by atoms with Crippen molar-refractivity contribution in [1.29, 1.82) is 0 Å². The largest absolute Gasteiger partial charge is 0.319 e. The Kier molecular flexibility index (Phi) is 4.03. The number of benzene rings is 2. The van der Waals surface area contributed by atoms with Crippen molar-refractivity contribution in [2.24, 2.45) is 7.05 Å². The zero-order valence-electron chi connectivity index (χ0n) is 15.8. The Morgan fingerprint density at radius 1 is 1.04 bits per heavy atom. The van der Waals surface area contributed by atoms with Crippen LogP contribution in [0, 0.1) is 20.8 Å². The normalized spacial score (nSPS) is 11.1. The van der Waals surface area contributed by atoms with Crippen molar-refractivity contribution in [1.82, 2.24) is 19.3 Å². The van der Waals surface area contributed by atoms with Crippen LogP contribution < -0.4 is 5.32 Å². The van der Waals surface area contributed by atoms with Gasteiger partial charge in [0.05, 0.1) is 28.1 Å². The van der Waals surface area contributed by atoms with E-state index in [1.54, 1.807) is 4.68 Å². The third kappa shape index (κ3) is 2.89. The molecule has 0 unspecified atom stereocenters. The summed E-state index contributed by atoms with van der Waals surface area (Å²) in [6, 6.07) is 15.7. The fraction of sp³-hybridized carbons (Fsp3) is 0.190. The molecular weight excluding hydrogens is 338 g/mol. The van der Waals surface area contributed by atoms with Crippen molar-refractivity contribution >= 4 is 22.6 Å². The molecule has 6 nitrogen and oxygen atoms in total. The van der Waals surface area contributed by atoms with Gasteiger partial charge in [-0.2, -0.15) is 5.10 Å². The molecule has 1 amide bonds. The van der Waals surface area contributed by atoms with Gasteiger partial charge in [-0.1, -0.05) is 18.2 Å². The first kappa shape index (κ1) is 17.0. The van der Waals surface area contributed by atoms with Crippen molar-refractivity contribution in [2.75, 3.05) is 5.32 Å². The van der Waals surface area contributed by atoms with E-state index < -0.39 is 0 Å². The lowest BCUT2D eigenvalue weighted by atomic mass is 10.1. The summed E-state index contributed by atoms with van der Waals surface area (Å²) in [5.41, 5.74) is 5.88. The Hall–Kier alpha value is -3.41. The number of anilines is 1. The summed E-state index contributed by atoms with van der Waals surface area (Å²) in [5, 5.41) is 7.32. The van der Waals surface area contributed by atoms with Crippen LogP contribution >= 0.6 is 0 Å². The number of imidazole rings is 1. The van der Waals surface area contributed by atoms with Crippen LogP contribution in [0.5, 0.6) is 0 Å². The van der Waals surface area contributed by atoms with E-state index >= 15 is 0 Å². The van der Waals surface area contributed by atoms with Crippen LogP contribution in [0.3, 0.4) is 0 Å². The van der Waals surface area contributed by atoms with Gasteiger partial charge >= 0.3 is 0 Å². The maximum absolute atomic E-state index is 12.8. The molecule has 27 heavy (non-hydrogen) atoms. The van der Waals surface area contributed by atoms with Crippen LogP contribution in [0.2, 0.25) is 0 Å². The van der Waals surface area contributed by atoms with Crippen molar-refractivity contribution in [3.05, 3.63) is 71.3 Å².